The fraction of sp³-hybridized carbons (Fsp3) is 0.500. The monoisotopic (exact) mass is 307 g/mol. The van der Waals surface area contributed by atoms with Crippen LogP contribution in [0.1, 0.15) is 32.3 Å². The number of hydrogen-bond acceptors (Lipinski definition) is 1. The molecule has 2 atom stereocenters. The van der Waals surface area contributed by atoms with Crippen molar-refractivity contribution in [1.29, 1.82) is 0 Å². The molecule has 0 bridgehead atoms. The molecule has 1 N–H and O–H groups in total. The first kappa shape index (κ1) is 13.7. The van der Waals surface area contributed by atoms with Crippen LogP contribution in [0.4, 0.5) is 5.69 Å². The minimum atomic E-state index is 0.732. The van der Waals surface area contributed by atoms with Crippen molar-refractivity contribution >= 4 is 21.6 Å². The zero-order valence-electron chi connectivity index (χ0n) is 11.5. The van der Waals surface area contributed by atoms with E-state index in [-0.39, 0.29) is 0 Å². The van der Waals surface area contributed by atoms with Crippen LogP contribution < -0.4 is 5.32 Å². The molecule has 0 aliphatic heterocycles. The molecule has 0 aromatic heterocycles. The summed E-state index contributed by atoms with van der Waals surface area (Å²) < 4.78 is 1.18. The maximum Gasteiger partial charge on any atom is 0.0351 e. The van der Waals surface area contributed by atoms with E-state index in [2.05, 4.69) is 66.3 Å². The third kappa shape index (κ3) is 3.61. The van der Waals surface area contributed by atoms with Gasteiger partial charge in [-0.25, -0.2) is 0 Å². The van der Waals surface area contributed by atoms with Gasteiger partial charge in [0.05, 0.1) is 0 Å². The second kappa shape index (κ2) is 5.92. The summed E-state index contributed by atoms with van der Waals surface area (Å²) in [6.07, 6.45) is 4.96. The Hall–Kier alpha value is -0.760. The van der Waals surface area contributed by atoms with Gasteiger partial charge in [-0.3, -0.25) is 0 Å². The summed E-state index contributed by atoms with van der Waals surface area (Å²) >= 11 is 3.58. The normalized spacial score (nSPS) is 23.7. The van der Waals surface area contributed by atoms with E-state index >= 15 is 0 Å². The van der Waals surface area contributed by atoms with Gasteiger partial charge in [0.1, 0.15) is 0 Å². The van der Waals surface area contributed by atoms with Gasteiger partial charge in [-0.15, -0.1) is 0 Å². The summed E-state index contributed by atoms with van der Waals surface area (Å²) in [5.41, 5.74) is 4.04. The van der Waals surface area contributed by atoms with E-state index in [1.54, 1.807) is 5.57 Å². The van der Waals surface area contributed by atoms with Gasteiger partial charge in [0.25, 0.3) is 0 Å². The molecule has 18 heavy (non-hydrogen) atoms. The van der Waals surface area contributed by atoms with Crippen molar-refractivity contribution in [3.05, 3.63) is 39.9 Å². The van der Waals surface area contributed by atoms with Gasteiger partial charge >= 0.3 is 0 Å². The lowest BCUT2D eigenvalue weighted by molar-refractivity contribution is 0.421. The molecular formula is C16H22BrN. The summed E-state index contributed by atoms with van der Waals surface area (Å²) in [6.45, 7) is 7.76. The van der Waals surface area contributed by atoms with Crippen LogP contribution in [0.2, 0.25) is 0 Å². The first-order chi connectivity index (χ1) is 8.54. The number of nitrogens with one attached hydrogen (secondary N) is 1. The first-order valence-electron chi connectivity index (χ1n) is 6.72. The Kier molecular flexibility index (Phi) is 4.50. The highest BCUT2D eigenvalue weighted by atomic mass is 79.9. The highest BCUT2D eigenvalue weighted by Crippen LogP contribution is 2.28. The number of halogens is 1. The van der Waals surface area contributed by atoms with Crippen molar-refractivity contribution in [1.82, 2.24) is 0 Å². The molecule has 2 rings (SSSR count). The van der Waals surface area contributed by atoms with E-state index in [1.165, 1.54) is 28.6 Å². The molecule has 1 aromatic rings. The predicted molar refractivity (Wildman–Crippen MR) is 83.0 cm³/mol. The van der Waals surface area contributed by atoms with Crippen LogP contribution in [0.5, 0.6) is 0 Å². The van der Waals surface area contributed by atoms with Gasteiger partial charge in [0.15, 0.2) is 0 Å². The Balaban J connectivity index is 1.92. The van der Waals surface area contributed by atoms with Crippen LogP contribution in [0.3, 0.4) is 0 Å². The van der Waals surface area contributed by atoms with Gasteiger partial charge < -0.3 is 5.32 Å². The van der Waals surface area contributed by atoms with Crippen LogP contribution in [-0.4, -0.2) is 6.54 Å². The first-order valence-corrected chi connectivity index (χ1v) is 7.51. The minimum absolute atomic E-state index is 0.732. The van der Waals surface area contributed by atoms with Crippen LogP contribution in [0, 0.1) is 18.8 Å². The lowest BCUT2D eigenvalue weighted by Crippen LogP contribution is -2.20. The Labute approximate surface area is 119 Å². The second-order valence-corrected chi connectivity index (χ2v) is 6.50. The van der Waals surface area contributed by atoms with Crippen molar-refractivity contribution in [2.24, 2.45) is 11.8 Å². The molecule has 0 fully saturated rings. The zero-order valence-corrected chi connectivity index (χ0v) is 13.0. The average Bonchev–Trinajstić information content (AvgIpc) is 2.29. The van der Waals surface area contributed by atoms with Crippen LogP contribution >= 0.6 is 15.9 Å². The molecular weight excluding hydrogens is 286 g/mol. The predicted octanol–water partition coefficient (Wildman–Crippen LogP) is 5.16. The summed E-state index contributed by atoms with van der Waals surface area (Å²) in [5, 5.41) is 3.57. The van der Waals surface area contributed by atoms with Crippen LogP contribution in [0.15, 0.2) is 34.3 Å². The molecule has 1 aliphatic rings. The molecule has 1 nitrogen and oxygen atoms in total. The highest BCUT2D eigenvalue weighted by Gasteiger charge is 2.17. The highest BCUT2D eigenvalue weighted by molar-refractivity contribution is 9.10. The summed E-state index contributed by atoms with van der Waals surface area (Å²) in [7, 11) is 0. The fourth-order valence-corrected chi connectivity index (χ4v) is 3.19. The largest absolute Gasteiger partial charge is 0.385 e. The number of rotatable bonds is 3. The quantitative estimate of drug-likeness (QED) is 0.760. The summed E-state index contributed by atoms with van der Waals surface area (Å²) in [5.74, 6) is 1.50. The molecule has 0 spiro atoms. The van der Waals surface area contributed by atoms with E-state index in [0.717, 1.165) is 18.4 Å². The Morgan fingerprint density at radius 3 is 2.78 bits per heavy atom. The number of benzene rings is 1. The summed E-state index contributed by atoms with van der Waals surface area (Å²) in [4.78, 5) is 0. The lowest BCUT2D eigenvalue weighted by atomic mass is 9.84. The average molecular weight is 308 g/mol. The molecule has 0 amide bonds. The van der Waals surface area contributed by atoms with E-state index in [4.69, 9.17) is 0 Å². The van der Waals surface area contributed by atoms with Gasteiger partial charge in [-0.2, -0.15) is 0 Å². The van der Waals surface area contributed by atoms with Gasteiger partial charge in [-0.05, 0) is 56.2 Å². The summed E-state index contributed by atoms with van der Waals surface area (Å²) in [6, 6.07) is 6.49. The smallest absolute Gasteiger partial charge is 0.0351 e. The molecule has 1 aromatic carbocycles. The number of hydrogen-bond donors (Lipinski definition) is 1. The number of anilines is 1. The Morgan fingerprint density at radius 1 is 1.33 bits per heavy atom. The minimum Gasteiger partial charge on any atom is -0.385 e. The van der Waals surface area contributed by atoms with Crippen molar-refractivity contribution in [2.45, 2.75) is 33.6 Å². The Morgan fingerprint density at radius 2 is 2.11 bits per heavy atom. The van der Waals surface area contributed by atoms with Crippen molar-refractivity contribution in [3.8, 4) is 0 Å². The van der Waals surface area contributed by atoms with Crippen molar-refractivity contribution in [2.75, 3.05) is 11.9 Å². The molecule has 98 valence electrons. The third-order valence-electron chi connectivity index (χ3n) is 3.65. The fourth-order valence-electron chi connectivity index (χ4n) is 2.81. The molecule has 2 unspecified atom stereocenters. The molecule has 1 aliphatic carbocycles. The molecule has 2 heteroatoms. The molecule has 0 radical (unpaired) electrons. The van der Waals surface area contributed by atoms with Crippen molar-refractivity contribution in [3.63, 3.8) is 0 Å². The second-order valence-electron chi connectivity index (χ2n) is 5.64. The van der Waals surface area contributed by atoms with Crippen LogP contribution in [0.25, 0.3) is 0 Å². The van der Waals surface area contributed by atoms with E-state index in [1.807, 2.05) is 0 Å². The maximum atomic E-state index is 3.58. The van der Waals surface area contributed by atoms with Crippen LogP contribution in [-0.2, 0) is 0 Å². The number of aryl methyl sites for hydroxylation is 1. The number of allylic oxidation sites excluding steroid dienone is 2. The molecule has 0 saturated carbocycles. The van der Waals surface area contributed by atoms with E-state index < -0.39 is 0 Å². The van der Waals surface area contributed by atoms with Gasteiger partial charge in [0, 0.05) is 16.7 Å². The van der Waals surface area contributed by atoms with Gasteiger partial charge in [-0.1, -0.05) is 40.6 Å². The van der Waals surface area contributed by atoms with E-state index in [9.17, 15) is 0 Å². The molecule has 0 saturated heterocycles. The maximum absolute atomic E-state index is 3.58. The lowest BCUT2D eigenvalue weighted by Gasteiger charge is -2.26. The molecule has 0 heterocycles. The van der Waals surface area contributed by atoms with Gasteiger partial charge in [0.2, 0.25) is 0 Å². The Bertz CT molecular complexity index is 450. The topological polar surface area (TPSA) is 12.0 Å². The van der Waals surface area contributed by atoms with E-state index in [0.29, 0.717) is 0 Å². The SMILES string of the molecule is CC1=CC(C)CC(CNc2ccc(C)c(Br)c2)C1. The zero-order chi connectivity index (χ0) is 13.1. The van der Waals surface area contributed by atoms with Crippen molar-refractivity contribution < 1.29 is 0 Å². The third-order valence-corrected chi connectivity index (χ3v) is 4.51. The standard InChI is InChI=1S/C16H22BrN/c1-11-6-12(2)8-14(7-11)10-18-15-5-4-13(3)16(17)9-15/h4-6,9,11,14,18H,7-8,10H2,1-3H3.